The molecule has 0 saturated carbocycles. The zero-order chi connectivity index (χ0) is 16.5. The molecule has 6 nitrogen and oxygen atoms in total. The molecule has 1 unspecified atom stereocenters. The highest BCUT2D eigenvalue weighted by Gasteiger charge is 2.32. The first-order valence-corrected chi connectivity index (χ1v) is 7.93. The quantitative estimate of drug-likeness (QED) is 0.725. The monoisotopic (exact) mass is 320 g/mol. The standard InChI is InChI=1S/C18H16N4O2/c23-17(14-12-20-16-7-1-2-9-22(16)18(14)24)21-10-4-6-15(21)13-5-3-8-19-11-13/h1-3,5,7-9,11-12,15H,4,6,10H2. The smallest absolute Gasteiger partial charge is 0.270 e. The molecule has 0 spiro atoms. The molecule has 1 aliphatic heterocycles. The van der Waals surface area contributed by atoms with Crippen LogP contribution < -0.4 is 5.56 Å². The Balaban J connectivity index is 1.73. The van der Waals surface area contributed by atoms with Crippen LogP contribution in [0.5, 0.6) is 0 Å². The molecule has 1 aliphatic rings. The first-order chi connectivity index (χ1) is 11.8. The lowest BCUT2D eigenvalue weighted by Crippen LogP contribution is -2.35. The Morgan fingerprint density at radius 1 is 1.17 bits per heavy atom. The van der Waals surface area contributed by atoms with E-state index in [1.54, 1.807) is 35.6 Å². The highest BCUT2D eigenvalue weighted by molar-refractivity contribution is 5.94. The second-order valence-corrected chi connectivity index (χ2v) is 5.85. The highest BCUT2D eigenvalue weighted by atomic mass is 16.2. The maximum absolute atomic E-state index is 12.9. The third-order valence-electron chi connectivity index (χ3n) is 4.43. The van der Waals surface area contributed by atoms with Crippen molar-refractivity contribution in [2.24, 2.45) is 0 Å². The van der Waals surface area contributed by atoms with Gasteiger partial charge < -0.3 is 4.90 Å². The number of rotatable bonds is 2. The lowest BCUT2D eigenvalue weighted by Gasteiger charge is -2.24. The van der Waals surface area contributed by atoms with Crippen molar-refractivity contribution < 1.29 is 4.79 Å². The molecule has 1 saturated heterocycles. The van der Waals surface area contributed by atoms with Gasteiger partial charge in [0.1, 0.15) is 11.2 Å². The lowest BCUT2D eigenvalue weighted by atomic mass is 10.1. The third kappa shape index (κ3) is 2.36. The molecule has 0 aliphatic carbocycles. The van der Waals surface area contributed by atoms with Crippen molar-refractivity contribution in [3.05, 3.63) is 76.6 Å². The Labute approximate surface area is 138 Å². The minimum atomic E-state index is -0.331. The van der Waals surface area contributed by atoms with Gasteiger partial charge in [-0.1, -0.05) is 12.1 Å². The molecule has 120 valence electrons. The van der Waals surface area contributed by atoms with E-state index >= 15 is 0 Å². The summed E-state index contributed by atoms with van der Waals surface area (Å²) in [5, 5.41) is 0. The Hall–Kier alpha value is -3.02. The SMILES string of the molecule is O=C(c1cnc2ccccn2c1=O)N1CCCC1c1cccnc1. The van der Waals surface area contributed by atoms with Gasteiger partial charge in [0, 0.05) is 31.3 Å². The van der Waals surface area contributed by atoms with Crippen LogP contribution in [0, 0.1) is 0 Å². The van der Waals surface area contributed by atoms with Crippen LogP contribution in [0.15, 0.2) is 59.9 Å². The number of hydrogen-bond acceptors (Lipinski definition) is 4. The molecular weight excluding hydrogens is 304 g/mol. The molecule has 0 radical (unpaired) electrons. The van der Waals surface area contributed by atoms with Crippen molar-refractivity contribution >= 4 is 11.6 Å². The minimum absolute atomic E-state index is 0.0397. The van der Waals surface area contributed by atoms with Crippen LogP contribution in [0.4, 0.5) is 0 Å². The minimum Gasteiger partial charge on any atom is -0.331 e. The van der Waals surface area contributed by atoms with Crippen LogP contribution >= 0.6 is 0 Å². The van der Waals surface area contributed by atoms with Crippen LogP contribution in [0.3, 0.4) is 0 Å². The fourth-order valence-electron chi connectivity index (χ4n) is 3.26. The summed E-state index contributed by atoms with van der Waals surface area (Å²) >= 11 is 0. The van der Waals surface area contributed by atoms with E-state index < -0.39 is 0 Å². The molecule has 6 heteroatoms. The molecule has 3 aromatic heterocycles. The Bertz CT molecular complexity index is 952. The van der Waals surface area contributed by atoms with Gasteiger partial charge in [0.2, 0.25) is 0 Å². The lowest BCUT2D eigenvalue weighted by molar-refractivity contribution is 0.0733. The van der Waals surface area contributed by atoms with E-state index in [0.717, 1.165) is 18.4 Å². The second-order valence-electron chi connectivity index (χ2n) is 5.85. The van der Waals surface area contributed by atoms with E-state index in [1.807, 2.05) is 18.2 Å². The predicted molar refractivity (Wildman–Crippen MR) is 88.7 cm³/mol. The molecule has 4 rings (SSSR count). The molecule has 3 aromatic rings. The van der Waals surface area contributed by atoms with Crippen LogP contribution in [0.25, 0.3) is 5.65 Å². The summed E-state index contributed by atoms with van der Waals surface area (Å²) in [6, 6.07) is 9.09. The highest BCUT2D eigenvalue weighted by Crippen LogP contribution is 2.32. The predicted octanol–water partition coefficient (Wildman–Crippen LogP) is 2.07. The van der Waals surface area contributed by atoms with Crippen molar-refractivity contribution in [1.82, 2.24) is 19.3 Å². The molecule has 24 heavy (non-hydrogen) atoms. The number of pyridine rings is 2. The zero-order valence-electron chi connectivity index (χ0n) is 13.0. The number of hydrogen-bond donors (Lipinski definition) is 0. The fourth-order valence-corrected chi connectivity index (χ4v) is 3.26. The van der Waals surface area contributed by atoms with Crippen molar-refractivity contribution in [2.75, 3.05) is 6.54 Å². The number of carbonyl (C=O) groups excluding carboxylic acids is 1. The van der Waals surface area contributed by atoms with Gasteiger partial charge >= 0.3 is 0 Å². The topological polar surface area (TPSA) is 67.6 Å². The van der Waals surface area contributed by atoms with Crippen LogP contribution in [-0.2, 0) is 0 Å². The van der Waals surface area contributed by atoms with Crippen molar-refractivity contribution in [2.45, 2.75) is 18.9 Å². The maximum Gasteiger partial charge on any atom is 0.270 e. The van der Waals surface area contributed by atoms with Crippen LogP contribution in [0.2, 0.25) is 0 Å². The second kappa shape index (κ2) is 5.88. The molecular formula is C18H16N4O2. The van der Waals surface area contributed by atoms with Gasteiger partial charge in [-0.3, -0.25) is 19.0 Å². The van der Waals surface area contributed by atoms with Gasteiger partial charge in [-0.25, -0.2) is 4.98 Å². The largest absolute Gasteiger partial charge is 0.331 e. The van der Waals surface area contributed by atoms with E-state index in [1.165, 1.54) is 10.6 Å². The van der Waals surface area contributed by atoms with Crippen LogP contribution in [0.1, 0.15) is 34.8 Å². The van der Waals surface area contributed by atoms with Crippen molar-refractivity contribution in [3.63, 3.8) is 0 Å². The van der Waals surface area contributed by atoms with Crippen molar-refractivity contribution in [3.8, 4) is 0 Å². The van der Waals surface area contributed by atoms with E-state index in [2.05, 4.69) is 9.97 Å². The normalized spacial score (nSPS) is 17.3. The molecule has 0 aromatic carbocycles. The summed E-state index contributed by atoms with van der Waals surface area (Å²) < 4.78 is 1.41. The van der Waals surface area contributed by atoms with Crippen LogP contribution in [-0.4, -0.2) is 31.7 Å². The van der Waals surface area contributed by atoms with E-state index in [-0.39, 0.29) is 23.1 Å². The molecule has 4 heterocycles. The molecule has 1 fully saturated rings. The van der Waals surface area contributed by atoms with Gasteiger partial charge in [-0.05, 0) is 36.6 Å². The van der Waals surface area contributed by atoms with E-state index in [9.17, 15) is 9.59 Å². The summed E-state index contributed by atoms with van der Waals surface area (Å²) in [4.78, 5) is 35.7. The van der Waals surface area contributed by atoms with E-state index in [0.29, 0.717) is 12.2 Å². The summed E-state index contributed by atoms with van der Waals surface area (Å²) in [5.74, 6) is -0.267. The first kappa shape index (κ1) is 14.6. The average Bonchev–Trinajstić information content (AvgIpc) is 3.12. The summed E-state index contributed by atoms with van der Waals surface area (Å²) in [6.07, 6.45) is 8.29. The number of amides is 1. The number of likely N-dealkylation sites (tertiary alicyclic amines) is 1. The van der Waals surface area contributed by atoms with Crippen molar-refractivity contribution in [1.29, 1.82) is 0 Å². The Morgan fingerprint density at radius 3 is 2.92 bits per heavy atom. The van der Waals surface area contributed by atoms with Gasteiger partial charge in [0.25, 0.3) is 11.5 Å². The summed E-state index contributed by atoms with van der Waals surface area (Å²) in [6.45, 7) is 0.634. The zero-order valence-corrected chi connectivity index (χ0v) is 13.0. The number of nitrogens with zero attached hydrogens (tertiary/aromatic N) is 4. The molecule has 0 bridgehead atoms. The average molecular weight is 320 g/mol. The molecule has 0 N–H and O–H groups in total. The third-order valence-corrected chi connectivity index (χ3v) is 4.43. The Kier molecular flexibility index (Phi) is 3.57. The Morgan fingerprint density at radius 2 is 2.08 bits per heavy atom. The van der Waals surface area contributed by atoms with Gasteiger partial charge in [0.05, 0.1) is 6.04 Å². The van der Waals surface area contributed by atoms with Gasteiger partial charge in [-0.15, -0.1) is 0 Å². The number of fused-ring (bicyclic) bond motifs is 1. The molecule has 1 atom stereocenters. The number of carbonyl (C=O) groups is 1. The van der Waals surface area contributed by atoms with Gasteiger partial charge in [0.15, 0.2) is 0 Å². The van der Waals surface area contributed by atoms with Gasteiger partial charge in [-0.2, -0.15) is 0 Å². The first-order valence-electron chi connectivity index (χ1n) is 7.93. The fraction of sp³-hybridized carbons (Fsp3) is 0.222. The molecule has 1 amide bonds. The summed E-state index contributed by atoms with van der Waals surface area (Å²) in [7, 11) is 0. The summed E-state index contributed by atoms with van der Waals surface area (Å²) in [5.41, 5.74) is 1.30. The number of aromatic nitrogens is 3. The van der Waals surface area contributed by atoms with E-state index in [4.69, 9.17) is 0 Å². The maximum atomic E-state index is 12.9.